The van der Waals surface area contributed by atoms with Crippen molar-refractivity contribution in [3.05, 3.63) is 23.8 Å². The summed E-state index contributed by atoms with van der Waals surface area (Å²) >= 11 is 0. The van der Waals surface area contributed by atoms with Crippen LogP contribution in [-0.4, -0.2) is 37.9 Å². The molecule has 0 aromatic heterocycles. The first-order valence-electron chi connectivity index (χ1n) is 6.24. The molecule has 0 bridgehead atoms. The molecule has 0 saturated carbocycles. The van der Waals surface area contributed by atoms with E-state index in [0.717, 1.165) is 13.0 Å². The molecule has 2 N–H and O–H groups in total. The van der Waals surface area contributed by atoms with Crippen molar-refractivity contribution >= 4 is 11.5 Å². The largest absolute Gasteiger partial charge is 0.490 e. The second-order valence-corrected chi connectivity index (χ2v) is 4.58. The van der Waals surface area contributed by atoms with Crippen LogP contribution in [-0.2, 0) is 0 Å². The van der Waals surface area contributed by atoms with Crippen molar-refractivity contribution in [3.63, 3.8) is 0 Å². The molecule has 100 valence electrons. The number of carbonyl (C=O) groups excluding carboxylic acids is 1. The lowest BCUT2D eigenvalue weighted by atomic mass is 10.1. The fourth-order valence-electron chi connectivity index (χ4n) is 1.56. The minimum Gasteiger partial charge on any atom is -0.490 e. The highest BCUT2D eigenvalue weighted by atomic mass is 16.5. The van der Waals surface area contributed by atoms with Gasteiger partial charge in [0, 0.05) is 18.5 Å². The molecule has 0 saturated heterocycles. The van der Waals surface area contributed by atoms with Gasteiger partial charge in [-0.1, -0.05) is 6.92 Å². The lowest BCUT2D eigenvalue weighted by molar-refractivity contribution is 0.0982. The molecule has 0 atom stereocenters. The fraction of sp³-hybridized carbons (Fsp3) is 0.500. The molecule has 0 aliphatic carbocycles. The molecule has 4 nitrogen and oxygen atoms in total. The second kappa shape index (κ2) is 7.01. The topological polar surface area (TPSA) is 55.6 Å². The van der Waals surface area contributed by atoms with Gasteiger partial charge in [-0.25, -0.2) is 0 Å². The Balaban J connectivity index is 2.65. The predicted molar refractivity (Wildman–Crippen MR) is 74.1 cm³/mol. The van der Waals surface area contributed by atoms with E-state index in [2.05, 4.69) is 0 Å². The van der Waals surface area contributed by atoms with E-state index in [1.807, 2.05) is 25.9 Å². The molecule has 0 aliphatic heterocycles. The summed E-state index contributed by atoms with van der Waals surface area (Å²) in [6, 6.07) is 5.25. The summed E-state index contributed by atoms with van der Waals surface area (Å²) in [6.07, 6.45) is 1.40. The number of nitrogen functional groups attached to an aromatic ring is 1. The van der Waals surface area contributed by atoms with Gasteiger partial charge in [0.2, 0.25) is 0 Å². The van der Waals surface area contributed by atoms with Crippen molar-refractivity contribution in [2.24, 2.45) is 0 Å². The molecule has 0 fully saturated rings. The first-order valence-corrected chi connectivity index (χ1v) is 6.24. The molecule has 1 aromatic carbocycles. The monoisotopic (exact) mass is 250 g/mol. The van der Waals surface area contributed by atoms with Gasteiger partial charge in [0.05, 0.1) is 5.69 Å². The summed E-state index contributed by atoms with van der Waals surface area (Å²) in [5, 5.41) is 0. The maximum Gasteiger partial charge on any atom is 0.162 e. The van der Waals surface area contributed by atoms with Crippen LogP contribution in [0.25, 0.3) is 0 Å². The van der Waals surface area contributed by atoms with Crippen LogP contribution in [0.3, 0.4) is 0 Å². The van der Waals surface area contributed by atoms with Crippen LogP contribution in [0.15, 0.2) is 18.2 Å². The molecule has 1 aromatic rings. The Hall–Kier alpha value is -1.55. The number of likely N-dealkylation sites (N-methyl/N-ethyl adjacent to an activating group) is 1. The van der Waals surface area contributed by atoms with Crippen LogP contribution in [0.2, 0.25) is 0 Å². The smallest absolute Gasteiger partial charge is 0.162 e. The third-order valence-corrected chi connectivity index (χ3v) is 2.60. The Labute approximate surface area is 109 Å². The van der Waals surface area contributed by atoms with Gasteiger partial charge >= 0.3 is 0 Å². The van der Waals surface area contributed by atoms with E-state index in [1.165, 1.54) is 0 Å². The first kappa shape index (κ1) is 14.5. The fourth-order valence-corrected chi connectivity index (χ4v) is 1.56. The standard InChI is InChI=1S/C14H22N2O2/c1-4-5-13(17)11-6-7-14(12(15)10-11)18-9-8-16(2)3/h6-7,10H,4-5,8-9,15H2,1-3H3. The van der Waals surface area contributed by atoms with Gasteiger partial charge in [-0.3, -0.25) is 4.79 Å². The van der Waals surface area contributed by atoms with Gasteiger partial charge in [-0.05, 0) is 38.7 Å². The van der Waals surface area contributed by atoms with E-state index in [-0.39, 0.29) is 5.78 Å². The van der Waals surface area contributed by atoms with Crippen LogP contribution < -0.4 is 10.5 Å². The summed E-state index contributed by atoms with van der Waals surface area (Å²) in [5.41, 5.74) is 7.07. The quantitative estimate of drug-likeness (QED) is 0.595. The number of benzene rings is 1. The van der Waals surface area contributed by atoms with Crippen LogP contribution in [0.4, 0.5) is 5.69 Å². The normalized spacial score (nSPS) is 10.7. The minimum absolute atomic E-state index is 0.129. The van der Waals surface area contributed by atoms with E-state index in [1.54, 1.807) is 18.2 Å². The molecular formula is C14H22N2O2. The lowest BCUT2D eigenvalue weighted by Gasteiger charge is -2.13. The van der Waals surface area contributed by atoms with E-state index in [4.69, 9.17) is 10.5 Å². The average Bonchev–Trinajstić information content (AvgIpc) is 2.31. The molecule has 0 spiro atoms. The lowest BCUT2D eigenvalue weighted by Crippen LogP contribution is -2.19. The Morgan fingerprint density at radius 3 is 2.67 bits per heavy atom. The third kappa shape index (κ3) is 4.37. The second-order valence-electron chi connectivity index (χ2n) is 4.58. The van der Waals surface area contributed by atoms with Gasteiger partial charge in [-0.2, -0.15) is 0 Å². The van der Waals surface area contributed by atoms with Crippen molar-refractivity contribution < 1.29 is 9.53 Å². The molecule has 0 radical (unpaired) electrons. The zero-order chi connectivity index (χ0) is 13.5. The number of hydrogen-bond donors (Lipinski definition) is 1. The number of hydrogen-bond acceptors (Lipinski definition) is 4. The Morgan fingerprint density at radius 2 is 2.11 bits per heavy atom. The van der Waals surface area contributed by atoms with E-state index >= 15 is 0 Å². The maximum absolute atomic E-state index is 11.7. The number of rotatable bonds is 7. The highest BCUT2D eigenvalue weighted by Crippen LogP contribution is 2.23. The average molecular weight is 250 g/mol. The summed E-state index contributed by atoms with van der Waals surface area (Å²) in [6.45, 7) is 3.40. The van der Waals surface area contributed by atoms with Crippen molar-refractivity contribution in [1.29, 1.82) is 0 Å². The minimum atomic E-state index is 0.129. The highest BCUT2D eigenvalue weighted by Gasteiger charge is 2.08. The predicted octanol–water partition coefficient (Wildman–Crippen LogP) is 2.19. The number of ketones is 1. The molecule has 0 unspecified atom stereocenters. The number of nitrogens with zero attached hydrogens (tertiary/aromatic N) is 1. The maximum atomic E-state index is 11.7. The SMILES string of the molecule is CCCC(=O)c1ccc(OCCN(C)C)c(N)c1. The molecule has 0 amide bonds. The number of nitrogens with two attached hydrogens (primary N) is 1. The summed E-state index contributed by atoms with van der Waals surface area (Å²) in [7, 11) is 3.97. The Morgan fingerprint density at radius 1 is 1.39 bits per heavy atom. The van der Waals surface area contributed by atoms with Crippen LogP contribution in [0.5, 0.6) is 5.75 Å². The number of ether oxygens (including phenoxy) is 1. The molecule has 0 aliphatic rings. The van der Waals surface area contributed by atoms with E-state index in [0.29, 0.717) is 30.0 Å². The van der Waals surface area contributed by atoms with Crippen LogP contribution in [0, 0.1) is 0 Å². The van der Waals surface area contributed by atoms with E-state index in [9.17, 15) is 4.79 Å². The van der Waals surface area contributed by atoms with Crippen molar-refractivity contribution in [3.8, 4) is 5.75 Å². The number of Topliss-reactive ketones (excluding diaryl/α,β-unsaturated/α-hetero) is 1. The first-order chi connectivity index (χ1) is 8.54. The van der Waals surface area contributed by atoms with Gasteiger partial charge in [0.1, 0.15) is 12.4 Å². The molecule has 0 heterocycles. The third-order valence-electron chi connectivity index (χ3n) is 2.60. The van der Waals surface area contributed by atoms with Gasteiger partial charge in [0.25, 0.3) is 0 Å². The van der Waals surface area contributed by atoms with Crippen molar-refractivity contribution in [1.82, 2.24) is 4.90 Å². The zero-order valence-electron chi connectivity index (χ0n) is 11.4. The van der Waals surface area contributed by atoms with Gasteiger partial charge in [-0.15, -0.1) is 0 Å². The van der Waals surface area contributed by atoms with Crippen LogP contribution >= 0.6 is 0 Å². The zero-order valence-corrected chi connectivity index (χ0v) is 11.4. The van der Waals surface area contributed by atoms with Crippen molar-refractivity contribution in [2.75, 3.05) is 33.0 Å². The van der Waals surface area contributed by atoms with Crippen LogP contribution in [0.1, 0.15) is 30.1 Å². The van der Waals surface area contributed by atoms with Gasteiger partial charge in [0.15, 0.2) is 5.78 Å². The molecule has 1 rings (SSSR count). The molecular weight excluding hydrogens is 228 g/mol. The summed E-state index contributed by atoms with van der Waals surface area (Å²) < 4.78 is 5.56. The van der Waals surface area contributed by atoms with Gasteiger partial charge < -0.3 is 15.4 Å². The molecule has 18 heavy (non-hydrogen) atoms. The highest BCUT2D eigenvalue weighted by molar-refractivity contribution is 5.97. The van der Waals surface area contributed by atoms with E-state index < -0.39 is 0 Å². The Bertz CT molecular complexity index is 403. The molecule has 4 heteroatoms. The number of carbonyl (C=O) groups is 1. The summed E-state index contributed by atoms with van der Waals surface area (Å²) in [5.74, 6) is 0.772. The number of anilines is 1. The summed E-state index contributed by atoms with van der Waals surface area (Å²) in [4.78, 5) is 13.7. The van der Waals surface area contributed by atoms with Crippen molar-refractivity contribution in [2.45, 2.75) is 19.8 Å². The Kier molecular flexibility index (Phi) is 5.65.